The SMILES string of the molecule is O=C(O)[C@@H]1CN(C(=O)[C@H]2C[C@H]2c2ccc(Cl)cc2Cl)CCO1. The number of carboxylic acids is 1. The molecule has 3 atom stereocenters. The lowest BCUT2D eigenvalue weighted by Gasteiger charge is -2.31. The highest BCUT2D eigenvalue weighted by Crippen LogP contribution is 2.50. The summed E-state index contributed by atoms with van der Waals surface area (Å²) in [6, 6.07) is 5.29. The van der Waals surface area contributed by atoms with Crippen molar-refractivity contribution in [3.8, 4) is 0 Å². The second kappa shape index (κ2) is 6.07. The molecule has 5 nitrogen and oxygen atoms in total. The van der Waals surface area contributed by atoms with Crippen LogP contribution in [0.25, 0.3) is 0 Å². The van der Waals surface area contributed by atoms with Crippen LogP contribution in [0.5, 0.6) is 0 Å². The molecule has 0 radical (unpaired) electrons. The fourth-order valence-corrected chi connectivity index (χ4v) is 3.40. The van der Waals surface area contributed by atoms with Crippen molar-refractivity contribution in [3.63, 3.8) is 0 Å². The number of hydrogen-bond acceptors (Lipinski definition) is 3. The van der Waals surface area contributed by atoms with Gasteiger partial charge in [0.1, 0.15) is 0 Å². The van der Waals surface area contributed by atoms with Crippen molar-refractivity contribution in [2.75, 3.05) is 19.7 Å². The molecule has 1 amide bonds. The first-order valence-electron chi connectivity index (χ1n) is 7.05. The molecule has 2 aliphatic rings. The van der Waals surface area contributed by atoms with Gasteiger partial charge in [-0.1, -0.05) is 29.3 Å². The van der Waals surface area contributed by atoms with Gasteiger partial charge in [0.05, 0.1) is 13.2 Å². The second-order valence-corrected chi connectivity index (χ2v) is 6.44. The average Bonchev–Trinajstić information content (AvgIpc) is 3.27. The Morgan fingerprint density at radius 3 is 2.77 bits per heavy atom. The smallest absolute Gasteiger partial charge is 0.334 e. The van der Waals surface area contributed by atoms with E-state index < -0.39 is 12.1 Å². The summed E-state index contributed by atoms with van der Waals surface area (Å²) in [5.41, 5.74) is 0.924. The molecule has 1 aromatic rings. The van der Waals surface area contributed by atoms with Gasteiger partial charge < -0.3 is 14.7 Å². The fraction of sp³-hybridized carbons (Fsp3) is 0.467. The molecule has 0 spiro atoms. The van der Waals surface area contributed by atoms with Crippen LogP contribution in [-0.2, 0) is 14.3 Å². The summed E-state index contributed by atoms with van der Waals surface area (Å²) in [5.74, 6) is -1.11. The van der Waals surface area contributed by atoms with Gasteiger partial charge in [-0.05, 0) is 30.0 Å². The van der Waals surface area contributed by atoms with Crippen LogP contribution in [0.2, 0.25) is 10.0 Å². The lowest BCUT2D eigenvalue weighted by Crippen LogP contribution is -2.49. The molecular formula is C15H15Cl2NO4. The number of aliphatic carboxylic acids is 1. The van der Waals surface area contributed by atoms with E-state index >= 15 is 0 Å². The van der Waals surface area contributed by atoms with Crippen LogP contribution in [0.3, 0.4) is 0 Å². The van der Waals surface area contributed by atoms with Gasteiger partial charge in [0.2, 0.25) is 5.91 Å². The molecule has 0 aromatic heterocycles. The van der Waals surface area contributed by atoms with E-state index in [1.807, 2.05) is 6.07 Å². The minimum Gasteiger partial charge on any atom is -0.479 e. The van der Waals surface area contributed by atoms with Crippen LogP contribution in [0.1, 0.15) is 17.9 Å². The maximum Gasteiger partial charge on any atom is 0.334 e. The Hall–Kier alpha value is -1.30. The van der Waals surface area contributed by atoms with Crippen molar-refractivity contribution in [3.05, 3.63) is 33.8 Å². The van der Waals surface area contributed by atoms with Gasteiger partial charge in [-0.3, -0.25) is 4.79 Å². The number of rotatable bonds is 3. The van der Waals surface area contributed by atoms with Gasteiger partial charge in [0.15, 0.2) is 6.10 Å². The molecule has 2 fully saturated rings. The molecule has 1 saturated heterocycles. The molecule has 7 heteroatoms. The van der Waals surface area contributed by atoms with Crippen LogP contribution < -0.4 is 0 Å². The Labute approximate surface area is 137 Å². The molecule has 3 rings (SSSR count). The molecule has 1 saturated carbocycles. The summed E-state index contributed by atoms with van der Waals surface area (Å²) in [4.78, 5) is 25.1. The zero-order valence-electron chi connectivity index (χ0n) is 11.7. The molecule has 22 heavy (non-hydrogen) atoms. The number of ether oxygens (including phenoxy) is 1. The van der Waals surface area contributed by atoms with Crippen molar-refractivity contribution < 1.29 is 19.4 Å². The summed E-state index contributed by atoms with van der Waals surface area (Å²) < 4.78 is 5.13. The number of carbonyl (C=O) groups is 2. The number of morpholine rings is 1. The number of carbonyl (C=O) groups excluding carboxylic acids is 1. The molecule has 1 N–H and O–H groups in total. The van der Waals surface area contributed by atoms with E-state index in [1.54, 1.807) is 17.0 Å². The average molecular weight is 344 g/mol. The Bertz CT molecular complexity index is 622. The fourth-order valence-electron chi connectivity index (χ4n) is 2.85. The number of halogens is 2. The third-order valence-electron chi connectivity index (χ3n) is 4.12. The number of benzene rings is 1. The lowest BCUT2D eigenvalue weighted by molar-refractivity contribution is -0.159. The largest absolute Gasteiger partial charge is 0.479 e. The standard InChI is InChI=1S/C15H15Cl2NO4/c16-8-1-2-9(12(17)5-8)10-6-11(10)14(19)18-3-4-22-13(7-18)15(20)21/h1-2,5,10-11,13H,3-4,6-7H2,(H,20,21)/t10-,11-,13-/m0/s1. The van der Waals surface area contributed by atoms with Gasteiger partial charge in [-0.25, -0.2) is 4.79 Å². The van der Waals surface area contributed by atoms with E-state index in [0.717, 1.165) is 12.0 Å². The van der Waals surface area contributed by atoms with Crippen LogP contribution in [-0.4, -0.2) is 47.7 Å². The number of hydrogen-bond donors (Lipinski definition) is 1. The van der Waals surface area contributed by atoms with Crippen LogP contribution in [0.15, 0.2) is 18.2 Å². The number of nitrogens with zero attached hydrogens (tertiary/aromatic N) is 1. The van der Waals surface area contributed by atoms with Gasteiger partial charge in [-0.2, -0.15) is 0 Å². The molecule has 118 valence electrons. The maximum atomic E-state index is 12.5. The zero-order chi connectivity index (χ0) is 15.9. The van der Waals surface area contributed by atoms with Crippen LogP contribution in [0, 0.1) is 5.92 Å². The van der Waals surface area contributed by atoms with Crippen LogP contribution >= 0.6 is 23.2 Å². The maximum absolute atomic E-state index is 12.5. The van der Waals surface area contributed by atoms with Crippen molar-refractivity contribution in [2.45, 2.75) is 18.4 Å². The van der Waals surface area contributed by atoms with Gasteiger partial charge >= 0.3 is 5.97 Å². The van der Waals surface area contributed by atoms with E-state index in [9.17, 15) is 9.59 Å². The molecule has 0 bridgehead atoms. The lowest BCUT2D eigenvalue weighted by atomic mass is 10.1. The topological polar surface area (TPSA) is 66.8 Å². The quantitative estimate of drug-likeness (QED) is 0.915. The first-order chi connectivity index (χ1) is 10.5. The minimum atomic E-state index is -1.04. The van der Waals surface area contributed by atoms with Gasteiger partial charge in [0.25, 0.3) is 0 Å². The Balaban J connectivity index is 1.66. The van der Waals surface area contributed by atoms with Crippen molar-refractivity contribution >= 4 is 35.1 Å². The number of amides is 1. The van der Waals surface area contributed by atoms with E-state index in [-0.39, 0.29) is 30.9 Å². The molecule has 1 heterocycles. The zero-order valence-corrected chi connectivity index (χ0v) is 13.2. The highest BCUT2D eigenvalue weighted by Gasteiger charge is 2.47. The molecule has 0 unspecified atom stereocenters. The molecular weight excluding hydrogens is 329 g/mol. The molecule has 1 aliphatic heterocycles. The van der Waals surface area contributed by atoms with E-state index in [1.165, 1.54) is 0 Å². The predicted octanol–water partition coefficient (Wildman–Crippen LogP) is 2.41. The summed E-state index contributed by atoms with van der Waals surface area (Å²) in [7, 11) is 0. The van der Waals surface area contributed by atoms with E-state index in [2.05, 4.69) is 0 Å². The molecule has 1 aliphatic carbocycles. The Morgan fingerprint density at radius 1 is 1.32 bits per heavy atom. The highest BCUT2D eigenvalue weighted by molar-refractivity contribution is 6.35. The monoisotopic (exact) mass is 343 g/mol. The Morgan fingerprint density at radius 2 is 2.09 bits per heavy atom. The normalized spacial score (nSPS) is 27.5. The van der Waals surface area contributed by atoms with E-state index in [0.29, 0.717) is 16.6 Å². The van der Waals surface area contributed by atoms with E-state index in [4.69, 9.17) is 33.0 Å². The highest BCUT2D eigenvalue weighted by atomic mass is 35.5. The summed E-state index contributed by atoms with van der Waals surface area (Å²) in [6.07, 6.45) is -0.205. The van der Waals surface area contributed by atoms with Crippen LogP contribution in [0.4, 0.5) is 0 Å². The summed E-state index contributed by atoms with van der Waals surface area (Å²) in [6.45, 7) is 0.785. The first kappa shape index (κ1) is 15.6. The second-order valence-electron chi connectivity index (χ2n) is 5.60. The third kappa shape index (κ3) is 3.07. The third-order valence-corrected chi connectivity index (χ3v) is 4.69. The van der Waals surface area contributed by atoms with Gasteiger partial charge in [-0.15, -0.1) is 0 Å². The van der Waals surface area contributed by atoms with Crippen molar-refractivity contribution in [2.24, 2.45) is 5.92 Å². The molecule has 1 aromatic carbocycles. The predicted molar refractivity (Wildman–Crippen MR) is 81.3 cm³/mol. The minimum absolute atomic E-state index is 0.0226. The van der Waals surface area contributed by atoms with Crippen molar-refractivity contribution in [1.82, 2.24) is 4.90 Å². The van der Waals surface area contributed by atoms with Gasteiger partial charge in [0, 0.05) is 22.5 Å². The Kier molecular flexibility index (Phi) is 4.30. The summed E-state index contributed by atoms with van der Waals surface area (Å²) >= 11 is 12.1. The first-order valence-corrected chi connectivity index (χ1v) is 7.81. The number of carboxylic acid groups (broad SMARTS) is 1. The summed E-state index contributed by atoms with van der Waals surface area (Å²) in [5, 5.41) is 10.1. The van der Waals surface area contributed by atoms with Crippen molar-refractivity contribution in [1.29, 1.82) is 0 Å².